The second kappa shape index (κ2) is 11.9. The smallest absolute Gasteiger partial charge is 0.407 e. The van der Waals surface area contributed by atoms with Crippen molar-refractivity contribution in [2.24, 2.45) is 0 Å². The van der Waals surface area contributed by atoms with Gasteiger partial charge in [0.1, 0.15) is 23.6 Å². The van der Waals surface area contributed by atoms with Crippen molar-refractivity contribution in [2.75, 3.05) is 13.1 Å². The molecule has 1 aromatic heterocycles. The topological polar surface area (TPSA) is 85.5 Å². The number of hydrogen-bond donors (Lipinski definition) is 2. The molecule has 0 aromatic carbocycles. The molecule has 2 N–H and O–H groups in total. The second-order valence-electron chi connectivity index (χ2n) is 8.45. The summed E-state index contributed by atoms with van der Waals surface area (Å²) in [6.45, 7) is 13.8. The third-order valence-corrected chi connectivity index (χ3v) is 3.27. The van der Waals surface area contributed by atoms with E-state index in [1.165, 1.54) is 0 Å². The first-order chi connectivity index (χ1) is 12.4. The van der Waals surface area contributed by atoms with Gasteiger partial charge in [0.2, 0.25) is 6.33 Å². The maximum absolute atomic E-state index is 11.6. The molecule has 28 heavy (non-hydrogen) atoms. The Labute approximate surface area is 178 Å². The summed E-state index contributed by atoms with van der Waals surface area (Å²) in [5.74, 6) is 0. The molecule has 1 heterocycles. The van der Waals surface area contributed by atoms with Gasteiger partial charge in [-0.2, -0.15) is 0 Å². The first-order valence-electron chi connectivity index (χ1n) is 9.43. The Bertz CT molecular complexity index is 555. The molecule has 1 aromatic rings. The number of amides is 2. The molecule has 0 atom stereocenters. The van der Waals surface area contributed by atoms with Gasteiger partial charge < -0.3 is 37.1 Å². The fourth-order valence-electron chi connectivity index (χ4n) is 2.24. The van der Waals surface area contributed by atoms with Gasteiger partial charge in [-0.3, -0.25) is 0 Å². The third-order valence-electron chi connectivity index (χ3n) is 3.27. The van der Waals surface area contributed by atoms with Gasteiger partial charge in [0.05, 0.1) is 13.1 Å². The zero-order valence-electron chi connectivity index (χ0n) is 17.9. The van der Waals surface area contributed by atoms with Gasteiger partial charge in [-0.05, 0) is 41.5 Å². The van der Waals surface area contributed by atoms with Crippen molar-refractivity contribution in [1.29, 1.82) is 0 Å². The van der Waals surface area contributed by atoms with Crippen LogP contribution in [0.2, 0.25) is 0 Å². The molecule has 162 valence electrons. The fourth-order valence-corrected chi connectivity index (χ4v) is 2.24. The molecule has 0 aliphatic carbocycles. The van der Waals surface area contributed by atoms with Crippen LogP contribution >= 0.6 is 0 Å². The predicted octanol–water partition coefficient (Wildman–Crippen LogP) is -0.391. The molecule has 0 spiro atoms. The molecule has 1 rings (SSSR count). The average Bonchev–Trinajstić information content (AvgIpc) is 2.92. The lowest BCUT2D eigenvalue weighted by Crippen LogP contribution is -3.00. The van der Waals surface area contributed by atoms with E-state index in [1.54, 1.807) is 0 Å². The molecular formula is C19H35BrN4O4. The fraction of sp³-hybridized carbons (Fsp3) is 0.737. The number of carbonyl (C=O) groups is 2. The minimum atomic E-state index is -0.478. The van der Waals surface area contributed by atoms with Crippen molar-refractivity contribution >= 4 is 12.2 Å². The van der Waals surface area contributed by atoms with E-state index in [0.717, 1.165) is 25.9 Å². The van der Waals surface area contributed by atoms with Crippen molar-refractivity contribution in [3.63, 3.8) is 0 Å². The van der Waals surface area contributed by atoms with Crippen molar-refractivity contribution in [3.8, 4) is 0 Å². The third kappa shape index (κ3) is 13.4. The molecule has 0 unspecified atom stereocenters. The maximum Gasteiger partial charge on any atom is 0.407 e. The van der Waals surface area contributed by atoms with E-state index in [9.17, 15) is 9.59 Å². The lowest BCUT2D eigenvalue weighted by atomic mass is 10.2. The van der Waals surface area contributed by atoms with Crippen LogP contribution in [0.15, 0.2) is 18.7 Å². The predicted molar refractivity (Wildman–Crippen MR) is 102 cm³/mol. The van der Waals surface area contributed by atoms with Crippen molar-refractivity contribution < 1.29 is 40.6 Å². The van der Waals surface area contributed by atoms with Gasteiger partial charge in [0.25, 0.3) is 0 Å². The number of aromatic nitrogens is 2. The quantitative estimate of drug-likeness (QED) is 0.406. The number of nitrogens with zero attached hydrogens (tertiary/aromatic N) is 2. The second-order valence-corrected chi connectivity index (χ2v) is 8.45. The number of ether oxygens (including phenoxy) is 2. The molecule has 0 aliphatic rings. The number of aryl methyl sites for hydroxylation is 2. The van der Waals surface area contributed by atoms with Crippen LogP contribution in [0.5, 0.6) is 0 Å². The van der Waals surface area contributed by atoms with E-state index in [2.05, 4.69) is 19.8 Å². The van der Waals surface area contributed by atoms with Crippen LogP contribution in [0, 0.1) is 0 Å². The van der Waals surface area contributed by atoms with Crippen LogP contribution in [-0.4, -0.2) is 41.0 Å². The molecule has 0 saturated carbocycles. The Kier molecular flexibility index (Phi) is 11.2. The molecule has 0 saturated heterocycles. The maximum atomic E-state index is 11.6. The summed E-state index contributed by atoms with van der Waals surface area (Å²) in [5.41, 5.74) is -0.956. The highest BCUT2D eigenvalue weighted by molar-refractivity contribution is 5.67. The number of rotatable bonds is 8. The van der Waals surface area contributed by atoms with E-state index in [1.807, 2.05) is 60.3 Å². The zero-order valence-corrected chi connectivity index (χ0v) is 19.5. The van der Waals surface area contributed by atoms with Crippen LogP contribution in [0.3, 0.4) is 0 Å². The van der Waals surface area contributed by atoms with Crippen LogP contribution in [-0.2, 0) is 22.6 Å². The zero-order chi connectivity index (χ0) is 20.5. The largest absolute Gasteiger partial charge is 1.00 e. The summed E-state index contributed by atoms with van der Waals surface area (Å²) < 4.78 is 14.5. The number of imidazole rings is 1. The number of nitrogens with one attached hydrogen (secondary N) is 2. The van der Waals surface area contributed by atoms with Gasteiger partial charge in [0, 0.05) is 25.9 Å². The van der Waals surface area contributed by atoms with Crippen molar-refractivity contribution in [1.82, 2.24) is 15.2 Å². The molecule has 9 heteroatoms. The summed E-state index contributed by atoms with van der Waals surface area (Å²) in [5, 5.41) is 5.50. The SMILES string of the molecule is CC(C)(C)OC(=O)NCCCn1cc[n+](CCCNC(=O)OC(C)(C)C)c1.[Br-]. The molecular weight excluding hydrogens is 428 g/mol. The van der Waals surface area contributed by atoms with Crippen molar-refractivity contribution in [3.05, 3.63) is 18.7 Å². The highest BCUT2D eigenvalue weighted by Crippen LogP contribution is 2.07. The summed E-state index contributed by atoms with van der Waals surface area (Å²) in [6.07, 6.45) is 6.86. The standard InChI is InChI=1S/C19H34N4O4.BrH/c1-18(2,3)26-16(24)20-9-7-11-22-13-14-23(15-22)12-8-10-21-17(25)27-19(4,5)6;/h13-15H,7-12H2,1-6H3,(H-,20,21,24,25);1H. The molecule has 8 nitrogen and oxygen atoms in total. The van der Waals surface area contributed by atoms with Crippen LogP contribution in [0.1, 0.15) is 54.4 Å². The summed E-state index contributed by atoms with van der Waals surface area (Å²) in [6, 6.07) is 0. The Morgan fingerprint density at radius 3 is 1.93 bits per heavy atom. The van der Waals surface area contributed by atoms with Crippen LogP contribution in [0.4, 0.5) is 9.59 Å². The van der Waals surface area contributed by atoms with E-state index >= 15 is 0 Å². The number of hydrogen-bond acceptors (Lipinski definition) is 4. The highest BCUT2D eigenvalue weighted by atomic mass is 79.9. The van der Waals surface area contributed by atoms with Crippen molar-refractivity contribution in [2.45, 2.75) is 78.7 Å². The van der Waals surface area contributed by atoms with Gasteiger partial charge in [-0.1, -0.05) is 0 Å². The van der Waals surface area contributed by atoms with E-state index in [0.29, 0.717) is 13.1 Å². The first kappa shape index (κ1) is 26.2. The van der Waals surface area contributed by atoms with Crippen LogP contribution in [0.25, 0.3) is 0 Å². The normalized spacial score (nSPS) is 11.4. The van der Waals surface area contributed by atoms with Gasteiger partial charge in [-0.15, -0.1) is 0 Å². The highest BCUT2D eigenvalue weighted by Gasteiger charge is 2.16. The Morgan fingerprint density at radius 2 is 1.43 bits per heavy atom. The van der Waals surface area contributed by atoms with E-state index in [-0.39, 0.29) is 29.2 Å². The van der Waals surface area contributed by atoms with Gasteiger partial charge in [0.15, 0.2) is 0 Å². The molecule has 0 bridgehead atoms. The average molecular weight is 463 g/mol. The lowest BCUT2D eigenvalue weighted by molar-refractivity contribution is -0.696. The minimum Gasteiger partial charge on any atom is -1.00 e. The Balaban J connectivity index is 0.00000729. The van der Waals surface area contributed by atoms with Crippen LogP contribution < -0.4 is 32.2 Å². The molecule has 0 radical (unpaired) electrons. The van der Waals surface area contributed by atoms with Gasteiger partial charge >= 0.3 is 12.2 Å². The lowest BCUT2D eigenvalue weighted by Gasteiger charge is -2.19. The Hall–Kier alpha value is -1.77. The molecule has 0 fully saturated rings. The minimum absolute atomic E-state index is 0. The summed E-state index contributed by atoms with van der Waals surface area (Å²) in [7, 11) is 0. The van der Waals surface area contributed by atoms with E-state index in [4.69, 9.17) is 9.47 Å². The summed E-state index contributed by atoms with van der Waals surface area (Å²) >= 11 is 0. The first-order valence-corrected chi connectivity index (χ1v) is 9.43. The summed E-state index contributed by atoms with van der Waals surface area (Å²) in [4.78, 5) is 23.1. The number of carbonyl (C=O) groups excluding carboxylic acids is 2. The molecule has 0 aliphatic heterocycles. The van der Waals surface area contributed by atoms with E-state index < -0.39 is 11.2 Å². The number of halogens is 1. The molecule has 2 amide bonds. The Morgan fingerprint density at radius 1 is 0.929 bits per heavy atom. The number of alkyl carbamates (subject to hydrolysis) is 2. The monoisotopic (exact) mass is 462 g/mol. The van der Waals surface area contributed by atoms with Gasteiger partial charge in [-0.25, -0.2) is 18.7 Å².